The van der Waals surface area contributed by atoms with Crippen molar-refractivity contribution in [3.63, 3.8) is 0 Å². The van der Waals surface area contributed by atoms with Crippen LogP contribution in [0.4, 0.5) is 0 Å². The summed E-state index contributed by atoms with van der Waals surface area (Å²) >= 11 is 1.22. The Hall–Kier alpha value is -1.80. The van der Waals surface area contributed by atoms with Crippen LogP contribution in [-0.2, 0) is 4.79 Å². The third-order valence-electron chi connectivity index (χ3n) is 1.32. The molecule has 0 aliphatic heterocycles. The van der Waals surface area contributed by atoms with Gasteiger partial charge in [-0.15, -0.1) is 11.3 Å². The molecule has 1 heterocycles. The highest BCUT2D eigenvalue weighted by Crippen LogP contribution is 2.13. The average Bonchev–Trinajstić information content (AvgIpc) is 2.52. The molecule has 0 bridgehead atoms. The van der Waals surface area contributed by atoms with Gasteiger partial charge in [0.25, 0.3) is 0 Å². The first kappa shape index (κ1) is 10.3. The van der Waals surface area contributed by atoms with Crippen LogP contribution in [0.3, 0.4) is 0 Å². The van der Waals surface area contributed by atoms with Crippen LogP contribution in [0, 0.1) is 11.8 Å². The van der Waals surface area contributed by atoms with Crippen molar-refractivity contribution in [2.45, 2.75) is 6.42 Å². The van der Waals surface area contributed by atoms with Crippen molar-refractivity contribution in [1.29, 1.82) is 0 Å². The van der Waals surface area contributed by atoms with E-state index in [0.29, 0.717) is 4.88 Å². The highest BCUT2D eigenvalue weighted by atomic mass is 32.1. The number of carbonyl (C=O) groups excluding carboxylic acids is 1. The van der Waals surface area contributed by atoms with E-state index in [1.807, 2.05) is 0 Å². The molecule has 0 radical (unpaired) electrons. The molecule has 1 aromatic rings. The van der Waals surface area contributed by atoms with E-state index in [4.69, 9.17) is 10.8 Å². The van der Waals surface area contributed by atoms with E-state index in [9.17, 15) is 9.59 Å². The Morgan fingerprint density at radius 2 is 2.29 bits per heavy atom. The van der Waals surface area contributed by atoms with Crippen molar-refractivity contribution >= 4 is 23.2 Å². The van der Waals surface area contributed by atoms with Crippen LogP contribution in [0.2, 0.25) is 0 Å². The molecular weight excluding hydrogens is 202 g/mol. The van der Waals surface area contributed by atoms with Gasteiger partial charge in [0.15, 0.2) is 0 Å². The molecular formula is C9H7NO3S. The van der Waals surface area contributed by atoms with Gasteiger partial charge in [0.1, 0.15) is 0 Å². The highest BCUT2D eigenvalue weighted by molar-refractivity contribution is 7.10. The van der Waals surface area contributed by atoms with Crippen molar-refractivity contribution < 1.29 is 14.7 Å². The lowest BCUT2D eigenvalue weighted by Crippen LogP contribution is -2.08. The van der Waals surface area contributed by atoms with Crippen molar-refractivity contribution in [3.05, 3.63) is 21.9 Å². The van der Waals surface area contributed by atoms with Gasteiger partial charge in [-0.25, -0.2) is 4.79 Å². The zero-order valence-electron chi connectivity index (χ0n) is 7.11. The molecule has 0 fully saturated rings. The number of thiophene rings is 1. The van der Waals surface area contributed by atoms with Crippen LogP contribution in [0.15, 0.2) is 11.4 Å². The summed E-state index contributed by atoms with van der Waals surface area (Å²) in [6, 6.07) is 1.46. The largest absolute Gasteiger partial charge is 0.478 e. The van der Waals surface area contributed by atoms with E-state index in [-0.39, 0.29) is 12.0 Å². The van der Waals surface area contributed by atoms with Crippen LogP contribution in [-0.4, -0.2) is 17.0 Å². The molecule has 14 heavy (non-hydrogen) atoms. The molecule has 0 aromatic carbocycles. The van der Waals surface area contributed by atoms with Gasteiger partial charge in [0.2, 0.25) is 5.91 Å². The van der Waals surface area contributed by atoms with Crippen LogP contribution in [0.25, 0.3) is 0 Å². The summed E-state index contributed by atoms with van der Waals surface area (Å²) in [5, 5.41) is 10.1. The van der Waals surface area contributed by atoms with Crippen molar-refractivity contribution in [3.8, 4) is 11.8 Å². The number of rotatable bonds is 2. The molecule has 1 aromatic heterocycles. The van der Waals surface area contributed by atoms with Crippen LogP contribution >= 0.6 is 11.3 Å². The summed E-state index contributed by atoms with van der Waals surface area (Å²) in [7, 11) is 0. The molecule has 1 rings (SSSR count). The third-order valence-corrected chi connectivity index (χ3v) is 2.17. The maximum Gasteiger partial charge on any atom is 0.336 e. The number of carbonyl (C=O) groups is 2. The monoisotopic (exact) mass is 209 g/mol. The molecule has 5 heteroatoms. The van der Waals surface area contributed by atoms with Crippen LogP contribution in [0.5, 0.6) is 0 Å². The quantitative estimate of drug-likeness (QED) is 0.702. The lowest BCUT2D eigenvalue weighted by molar-refractivity contribution is -0.117. The smallest absolute Gasteiger partial charge is 0.336 e. The number of hydrogen-bond donors (Lipinski definition) is 2. The summed E-state index contributed by atoms with van der Waals surface area (Å²) in [5.41, 5.74) is 5.08. The minimum Gasteiger partial charge on any atom is -0.478 e. The molecule has 4 nitrogen and oxygen atoms in total. The summed E-state index contributed by atoms with van der Waals surface area (Å²) in [4.78, 5) is 21.4. The molecule has 1 amide bonds. The Bertz CT molecular complexity index is 425. The van der Waals surface area contributed by atoms with Crippen LogP contribution < -0.4 is 5.73 Å². The van der Waals surface area contributed by atoms with Gasteiger partial charge in [-0.1, -0.05) is 11.8 Å². The van der Waals surface area contributed by atoms with Gasteiger partial charge >= 0.3 is 5.97 Å². The van der Waals surface area contributed by atoms with E-state index in [0.717, 1.165) is 0 Å². The van der Waals surface area contributed by atoms with Crippen LogP contribution in [0.1, 0.15) is 21.7 Å². The second-order valence-electron chi connectivity index (χ2n) is 2.45. The lowest BCUT2D eigenvalue weighted by Gasteiger charge is -1.81. The van der Waals surface area contributed by atoms with Crippen molar-refractivity contribution in [2.75, 3.05) is 0 Å². The maximum atomic E-state index is 10.5. The summed E-state index contributed by atoms with van der Waals surface area (Å²) in [6.45, 7) is 0. The van der Waals surface area contributed by atoms with Gasteiger partial charge in [0, 0.05) is 5.38 Å². The van der Waals surface area contributed by atoms with Crippen molar-refractivity contribution in [1.82, 2.24) is 0 Å². The number of nitrogens with two attached hydrogens (primary N) is 1. The number of primary amides is 1. The molecule has 0 aliphatic rings. The third kappa shape index (κ3) is 2.92. The first-order valence-electron chi connectivity index (χ1n) is 3.68. The predicted molar refractivity (Wildman–Crippen MR) is 52.0 cm³/mol. The topological polar surface area (TPSA) is 80.4 Å². The van der Waals surface area contributed by atoms with Gasteiger partial charge in [0.05, 0.1) is 16.9 Å². The zero-order chi connectivity index (χ0) is 10.6. The number of aromatic carboxylic acids is 1. The Morgan fingerprint density at radius 1 is 1.57 bits per heavy atom. The molecule has 0 spiro atoms. The minimum atomic E-state index is -0.982. The second-order valence-corrected chi connectivity index (χ2v) is 3.36. The number of carboxylic acid groups (broad SMARTS) is 1. The Balaban J connectivity index is 2.71. The summed E-state index contributed by atoms with van der Waals surface area (Å²) in [6.07, 6.45) is -0.0136. The van der Waals surface area contributed by atoms with E-state index in [1.165, 1.54) is 22.8 Å². The molecule has 0 atom stereocenters. The summed E-state index contributed by atoms with van der Waals surface area (Å²) in [5.74, 6) is 3.73. The Morgan fingerprint density at radius 3 is 2.79 bits per heavy atom. The Kier molecular flexibility index (Phi) is 3.26. The molecule has 3 N–H and O–H groups in total. The summed E-state index contributed by atoms with van der Waals surface area (Å²) < 4.78 is 0. The number of hydrogen-bond acceptors (Lipinski definition) is 3. The Labute approximate surface area is 84.4 Å². The normalized spacial score (nSPS) is 8.86. The first-order valence-corrected chi connectivity index (χ1v) is 4.56. The molecule has 0 unspecified atom stereocenters. The lowest BCUT2D eigenvalue weighted by atomic mass is 10.3. The highest BCUT2D eigenvalue weighted by Gasteiger charge is 2.04. The van der Waals surface area contributed by atoms with Crippen molar-refractivity contribution in [2.24, 2.45) is 5.73 Å². The fourth-order valence-electron chi connectivity index (χ4n) is 0.732. The van der Waals surface area contributed by atoms with Gasteiger partial charge < -0.3 is 10.8 Å². The fourth-order valence-corrected chi connectivity index (χ4v) is 1.48. The fraction of sp³-hybridized carbons (Fsp3) is 0.111. The number of amides is 1. The van der Waals surface area contributed by atoms with E-state index in [2.05, 4.69) is 11.8 Å². The SMILES string of the molecule is NC(=O)CC#Cc1cc(C(=O)O)cs1. The van der Waals surface area contributed by atoms with Gasteiger partial charge in [-0.05, 0) is 6.07 Å². The standard InChI is InChI=1S/C9H7NO3S/c10-8(11)3-1-2-7-4-6(5-14-7)9(12)13/h4-5H,3H2,(H2,10,11)(H,12,13). The first-order chi connectivity index (χ1) is 6.59. The average molecular weight is 209 g/mol. The van der Waals surface area contributed by atoms with E-state index < -0.39 is 11.9 Å². The van der Waals surface area contributed by atoms with Gasteiger partial charge in [-0.2, -0.15) is 0 Å². The number of carboxylic acids is 1. The van der Waals surface area contributed by atoms with Gasteiger partial charge in [-0.3, -0.25) is 4.79 Å². The molecule has 0 aliphatic carbocycles. The molecule has 72 valence electrons. The minimum absolute atomic E-state index is 0.0136. The van der Waals surface area contributed by atoms with E-state index in [1.54, 1.807) is 0 Å². The maximum absolute atomic E-state index is 10.5. The second kappa shape index (κ2) is 4.44. The predicted octanol–water partition coefficient (Wildman–Crippen LogP) is 0.673. The van der Waals surface area contributed by atoms with E-state index >= 15 is 0 Å². The molecule has 0 saturated carbocycles. The molecule has 0 saturated heterocycles. The zero-order valence-corrected chi connectivity index (χ0v) is 7.93.